The Hall–Kier alpha value is -1.38. The Morgan fingerprint density at radius 1 is 1.29 bits per heavy atom. The summed E-state index contributed by atoms with van der Waals surface area (Å²) in [7, 11) is 0. The highest BCUT2D eigenvalue weighted by atomic mass is 15.2. The molecule has 0 spiro atoms. The van der Waals surface area contributed by atoms with Crippen LogP contribution in [0.25, 0.3) is 5.65 Å². The van der Waals surface area contributed by atoms with E-state index in [2.05, 4.69) is 30.0 Å². The Balaban J connectivity index is 2.12. The monoisotopic (exact) mass is 231 g/mol. The van der Waals surface area contributed by atoms with E-state index in [1.807, 2.05) is 23.0 Å². The third-order valence-electron chi connectivity index (χ3n) is 3.32. The van der Waals surface area contributed by atoms with Crippen LogP contribution in [0.2, 0.25) is 0 Å². The average molecular weight is 231 g/mol. The molecule has 0 bridgehead atoms. The summed E-state index contributed by atoms with van der Waals surface area (Å²) in [6.07, 6.45) is 10.1. The summed E-state index contributed by atoms with van der Waals surface area (Å²) >= 11 is 0. The van der Waals surface area contributed by atoms with Crippen LogP contribution in [-0.2, 0) is 0 Å². The molecule has 17 heavy (non-hydrogen) atoms. The smallest absolute Gasteiger partial charge is 0.155 e. The van der Waals surface area contributed by atoms with E-state index in [-0.39, 0.29) is 0 Å². The molecule has 1 unspecified atom stereocenters. The first-order valence-corrected chi connectivity index (χ1v) is 6.65. The maximum absolute atomic E-state index is 4.62. The van der Waals surface area contributed by atoms with Crippen LogP contribution in [-0.4, -0.2) is 14.6 Å². The minimum absolute atomic E-state index is 0.586. The zero-order chi connectivity index (χ0) is 12.1. The fraction of sp³-hybridized carbons (Fsp3) is 0.571. The normalized spacial score (nSPS) is 13.1. The van der Waals surface area contributed by atoms with Gasteiger partial charge in [0.15, 0.2) is 5.65 Å². The van der Waals surface area contributed by atoms with E-state index in [0.717, 1.165) is 12.1 Å². The molecule has 2 heterocycles. The first kappa shape index (κ1) is 12.1. The maximum atomic E-state index is 4.62. The van der Waals surface area contributed by atoms with Crippen molar-refractivity contribution in [1.29, 1.82) is 0 Å². The van der Waals surface area contributed by atoms with E-state index in [0.29, 0.717) is 5.92 Å². The molecule has 0 aliphatic rings. The van der Waals surface area contributed by atoms with E-state index in [4.69, 9.17) is 0 Å². The van der Waals surface area contributed by atoms with Gasteiger partial charge in [0.25, 0.3) is 0 Å². The zero-order valence-corrected chi connectivity index (χ0v) is 10.8. The molecule has 92 valence electrons. The number of rotatable bonds is 6. The van der Waals surface area contributed by atoms with Gasteiger partial charge in [0.1, 0.15) is 0 Å². The van der Waals surface area contributed by atoms with Crippen LogP contribution < -0.4 is 0 Å². The highest BCUT2D eigenvalue weighted by molar-refractivity contribution is 5.39. The molecule has 0 aromatic carbocycles. The van der Waals surface area contributed by atoms with Crippen molar-refractivity contribution >= 4 is 5.65 Å². The van der Waals surface area contributed by atoms with E-state index in [1.54, 1.807) is 0 Å². The van der Waals surface area contributed by atoms with Crippen molar-refractivity contribution in [1.82, 2.24) is 14.6 Å². The van der Waals surface area contributed by atoms with Crippen molar-refractivity contribution in [2.45, 2.75) is 51.9 Å². The van der Waals surface area contributed by atoms with Crippen LogP contribution in [0.1, 0.15) is 57.6 Å². The predicted molar refractivity (Wildman–Crippen MR) is 70.2 cm³/mol. The van der Waals surface area contributed by atoms with E-state index >= 15 is 0 Å². The summed E-state index contributed by atoms with van der Waals surface area (Å²) in [4.78, 5) is 4.32. The van der Waals surface area contributed by atoms with Crippen LogP contribution in [0.15, 0.2) is 24.5 Å². The number of aromatic nitrogens is 3. The van der Waals surface area contributed by atoms with Gasteiger partial charge in [-0.2, -0.15) is 5.10 Å². The molecule has 2 aromatic rings. The highest BCUT2D eigenvalue weighted by Crippen LogP contribution is 2.25. The highest BCUT2D eigenvalue weighted by Gasteiger charge is 2.13. The largest absolute Gasteiger partial charge is 0.237 e. The summed E-state index contributed by atoms with van der Waals surface area (Å²) in [5, 5.41) is 4.62. The minimum Gasteiger partial charge on any atom is -0.237 e. The Morgan fingerprint density at radius 3 is 2.88 bits per heavy atom. The lowest BCUT2D eigenvalue weighted by atomic mass is 9.95. The van der Waals surface area contributed by atoms with Crippen LogP contribution in [0.4, 0.5) is 0 Å². The molecule has 0 amide bonds. The van der Waals surface area contributed by atoms with Crippen LogP contribution in [0.3, 0.4) is 0 Å². The number of hydrogen-bond acceptors (Lipinski definition) is 2. The van der Waals surface area contributed by atoms with Gasteiger partial charge >= 0.3 is 0 Å². The summed E-state index contributed by atoms with van der Waals surface area (Å²) in [6, 6.07) is 4.04. The van der Waals surface area contributed by atoms with Crippen LogP contribution >= 0.6 is 0 Å². The quantitative estimate of drug-likeness (QED) is 0.708. The van der Waals surface area contributed by atoms with Gasteiger partial charge in [-0.25, -0.2) is 9.50 Å². The van der Waals surface area contributed by atoms with Gasteiger partial charge in [-0.3, -0.25) is 0 Å². The fourth-order valence-electron chi connectivity index (χ4n) is 2.25. The molecule has 0 N–H and O–H groups in total. The minimum atomic E-state index is 0.586. The second-order valence-electron chi connectivity index (χ2n) is 4.59. The van der Waals surface area contributed by atoms with E-state index in [9.17, 15) is 0 Å². The van der Waals surface area contributed by atoms with Gasteiger partial charge in [0.2, 0.25) is 0 Å². The number of fused-ring (bicyclic) bond motifs is 1. The van der Waals surface area contributed by atoms with Crippen LogP contribution in [0, 0.1) is 0 Å². The third kappa shape index (κ3) is 2.84. The summed E-state index contributed by atoms with van der Waals surface area (Å²) < 4.78 is 1.87. The molecule has 0 saturated heterocycles. The first-order valence-electron chi connectivity index (χ1n) is 6.65. The first-order chi connectivity index (χ1) is 8.35. The van der Waals surface area contributed by atoms with Gasteiger partial charge in [-0.05, 0) is 18.9 Å². The van der Waals surface area contributed by atoms with Crippen molar-refractivity contribution in [3.63, 3.8) is 0 Å². The third-order valence-corrected chi connectivity index (χ3v) is 3.32. The SMILES string of the molecule is CCCCCC(CC)c1cc2ncccn2n1. The molecule has 2 aromatic heterocycles. The van der Waals surface area contributed by atoms with Crippen molar-refractivity contribution < 1.29 is 0 Å². The Morgan fingerprint density at radius 2 is 2.18 bits per heavy atom. The number of hydrogen-bond donors (Lipinski definition) is 0. The summed E-state index contributed by atoms with van der Waals surface area (Å²) in [6.45, 7) is 4.49. The fourth-order valence-corrected chi connectivity index (χ4v) is 2.25. The lowest BCUT2D eigenvalue weighted by molar-refractivity contribution is 0.540. The molecule has 0 aliphatic heterocycles. The lowest BCUT2D eigenvalue weighted by Crippen LogP contribution is -1.99. The molecule has 0 saturated carbocycles. The van der Waals surface area contributed by atoms with Crippen LogP contribution in [0.5, 0.6) is 0 Å². The molecular weight excluding hydrogens is 210 g/mol. The molecule has 3 heteroatoms. The number of nitrogens with zero attached hydrogens (tertiary/aromatic N) is 3. The van der Waals surface area contributed by atoms with Crippen molar-refractivity contribution in [2.24, 2.45) is 0 Å². The topological polar surface area (TPSA) is 30.2 Å². The Labute approximate surface area is 103 Å². The van der Waals surface area contributed by atoms with Gasteiger partial charge in [-0.1, -0.05) is 33.1 Å². The Kier molecular flexibility index (Phi) is 4.13. The van der Waals surface area contributed by atoms with Gasteiger partial charge < -0.3 is 0 Å². The summed E-state index contributed by atoms with van der Waals surface area (Å²) in [5.41, 5.74) is 2.15. The molecule has 0 radical (unpaired) electrons. The lowest BCUT2D eigenvalue weighted by Gasteiger charge is -2.10. The molecule has 2 rings (SSSR count). The molecule has 1 atom stereocenters. The van der Waals surface area contributed by atoms with Gasteiger partial charge in [-0.15, -0.1) is 0 Å². The average Bonchev–Trinajstić information content (AvgIpc) is 2.78. The number of unbranched alkanes of at least 4 members (excludes halogenated alkanes) is 2. The second-order valence-corrected chi connectivity index (χ2v) is 4.59. The van der Waals surface area contributed by atoms with Gasteiger partial charge in [0, 0.05) is 24.4 Å². The van der Waals surface area contributed by atoms with Gasteiger partial charge in [0.05, 0.1) is 5.69 Å². The van der Waals surface area contributed by atoms with E-state index < -0.39 is 0 Å². The van der Waals surface area contributed by atoms with Crippen molar-refractivity contribution in [3.8, 4) is 0 Å². The predicted octanol–water partition coefficient (Wildman–Crippen LogP) is 3.80. The maximum Gasteiger partial charge on any atom is 0.155 e. The molecular formula is C14H21N3. The summed E-state index contributed by atoms with van der Waals surface area (Å²) in [5.74, 6) is 0.586. The second kappa shape index (κ2) is 5.80. The molecule has 3 nitrogen and oxygen atoms in total. The molecule has 0 aliphatic carbocycles. The molecule has 0 fully saturated rings. The van der Waals surface area contributed by atoms with E-state index in [1.165, 1.54) is 31.4 Å². The van der Waals surface area contributed by atoms with Crippen molar-refractivity contribution in [2.75, 3.05) is 0 Å². The Bertz CT molecular complexity index is 428. The van der Waals surface area contributed by atoms with Crippen molar-refractivity contribution in [3.05, 3.63) is 30.2 Å². The standard InChI is InChI=1S/C14H21N3/c1-3-5-6-8-12(4-2)13-11-14-15-9-7-10-17(14)16-13/h7,9-12H,3-6,8H2,1-2H3. The zero-order valence-electron chi connectivity index (χ0n) is 10.8.